The predicted molar refractivity (Wildman–Crippen MR) is 67.1 cm³/mol. The molecule has 0 spiro atoms. The van der Waals surface area contributed by atoms with Crippen molar-refractivity contribution in [2.45, 2.75) is 32.0 Å². The Labute approximate surface area is 111 Å². The van der Waals surface area contributed by atoms with E-state index in [9.17, 15) is 13.2 Å². The first-order valence-corrected chi connectivity index (χ1v) is 6.56. The number of nitrogens with one attached hydrogen (secondary N) is 1. The predicted octanol–water partition coefficient (Wildman–Crippen LogP) is 3.69. The first-order valence-electron chi connectivity index (χ1n) is 6.56. The molecule has 0 saturated carbocycles. The third-order valence-corrected chi connectivity index (χ3v) is 3.68. The summed E-state index contributed by atoms with van der Waals surface area (Å²) in [6.07, 6.45) is -2.85. The van der Waals surface area contributed by atoms with Gasteiger partial charge in [-0.05, 0) is 43.0 Å². The van der Waals surface area contributed by atoms with E-state index in [2.05, 4.69) is 17.0 Å². The Balaban J connectivity index is 2.27. The maximum atomic E-state index is 12.4. The van der Waals surface area contributed by atoms with E-state index < -0.39 is 6.36 Å². The zero-order valence-electron chi connectivity index (χ0n) is 10.8. The molecule has 0 bridgehead atoms. The van der Waals surface area contributed by atoms with Crippen LogP contribution in [0.4, 0.5) is 13.2 Å². The van der Waals surface area contributed by atoms with E-state index in [-0.39, 0.29) is 11.7 Å². The van der Waals surface area contributed by atoms with Crippen LogP contribution in [0.15, 0.2) is 24.3 Å². The summed E-state index contributed by atoms with van der Waals surface area (Å²) >= 11 is 0. The number of benzene rings is 1. The molecule has 1 heterocycles. The van der Waals surface area contributed by atoms with Gasteiger partial charge in [0.1, 0.15) is 5.75 Å². The van der Waals surface area contributed by atoms with Crippen LogP contribution in [0.2, 0.25) is 0 Å². The van der Waals surface area contributed by atoms with Crippen LogP contribution < -0.4 is 10.1 Å². The van der Waals surface area contributed by atoms with Gasteiger partial charge >= 0.3 is 6.36 Å². The van der Waals surface area contributed by atoms with Crippen molar-refractivity contribution < 1.29 is 17.9 Å². The van der Waals surface area contributed by atoms with Gasteiger partial charge in [0.25, 0.3) is 0 Å². The molecule has 2 rings (SSSR count). The van der Waals surface area contributed by atoms with Gasteiger partial charge in [0.2, 0.25) is 0 Å². The third-order valence-electron chi connectivity index (χ3n) is 3.68. The Morgan fingerprint density at radius 2 is 2.05 bits per heavy atom. The Morgan fingerprint density at radius 3 is 2.74 bits per heavy atom. The van der Waals surface area contributed by atoms with Crippen LogP contribution in [0.25, 0.3) is 0 Å². The maximum absolute atomic E-state index is 12.4. The molecule has 2 unspecified atom stereocenters. The summed E-state index contributed by atoms with van der Waals surface area (Å²) in [7, 11) is 0. The van der Waals surface area contributed by atoms with E-state index >= 15 is 0 Å². The van der Waals surface area contributed by atoms with Gasteiger partial charge in [0, 0.05) is 0 Å². The molecule has 0 aromatic heterocycles. The van der Waals surface area contributed by atoms with Gasteiger partial charge in [-0.3, -0.25) is 0 Å². The molecule has 1 N–H and O–H groups in total. The normalized spacial score (nSPS) is 24.2. The molecule has 2 nitrogen and oxygen atoms in total. The fourth-order valence-corrected chi connectivity index (χ4v) is 2.77. The van der Waals surface area contributed by atoms with E-state index in [1.165, 1.54) is 6.07 Å². The Morgan fingerprint density at radius 1 is 1.32 bits per heavy atom. The molecule has 19 heavy (non-hydrogen) atoms. The second-order valence-electron chi connectivity index (χ2n) is 4.85. The fourth-order valence-electron chi connectivity index (χ4n) is 2.77. The fraction of sp³-hybridized carbons (Fsp3) is 0.571. The van der Waals surface area contributed by atoms with Crippen LogP contribution in [-0.2, 0) is 0 Å². The zero-order valence-corrected chi connectivity index (χ0v) is 10.8. The van der Waals surface area contributed by atoms with Gasteiger partial charge in [-0.2, -0.15) is 0 Å². The van der Waals surface area contributed by atoms with Gasteiger partial charge in [-0.15, -0.1) is 13.2 Å². The summed E-state index contributed by atoms with van der Waals surface area (Å²) in [6.45, 7) is 3.75. The molecule has 2 atom stereocenters. The lowest BCUT2D eigenvalue weighted by molar-refractivity contribution is -0.275. The summed E-state index contributed by atoms with van der Waals surface area (Å²) in [4.78, 5) is 0. The van der Waals surface area contributed by atoms with Crippen LogP contribution in [0.5, 0.6) is 5.75 Å². The molecule has 106 valence electrons. The molecule has 1 aromatic rings. The minimum absolute atomic E-state index is 0.0552. The van der Waals surface area contributed by atoms with Crippen LogP contribution in [0, 0.1) is 5.92 Å². The highest BCUT2D eigenvalue weighted by molar-refractivity contribution is 5.37. The van der Waals surface area contributed by atoms with Crippen molar-refractivity contribution in [1.29, 1.82) is 0 Å². The van der Waals surface area contributed by atoms with Crippen molar-refractivity contribution in [1.82, 2.24) is 5.32 Å². The smallest absolute Gasteiger partial charge is 0.405 e. The Kier molecular flexibility index (Phi) is 4.34. The van der Waals surface area contributed by atoms with E-state index in [4.69, 9.17) is 0 Å². The topological polar surface area (TPSA) is 21.3 Å². The van der Waals surface area contributed by atoms with Crippen molar-refractivity contribution in [3.05, 3.63) is 29.8 Å². The SMILES string of the molecule is CCC1CNCCC1c1ccccc1OC(F)(F)F. The highest BCUT2D eigenvalue weighted by Gasteiger charge is 2.34. The van der Waals surface area contributed by atoms with Gasteiger partial charge in [-0.1, -0.05) is 31.5 Å². The Hall–Kier alpha value is -1.23. The lowest BCUT2D eigenvalue weighted by Crippen LogP contribution is -2.35. The number of piperidine rings is 1. The average Bonchev–Trinajstić information content (AvgIpc) is 2.37. The van der Waals surface area contributed by atoms with E-state index in [0.717, 1.165) is 25.9 Å². The number of hydrogen-bond acceptors (Lipinski definition) is 2. The van der Waals surface area contributed by atoms with Gasteiger partial charge < -0.3 is 10.1 Å². The monoisotopic (exact) mass is 273 g/mol. The van der Waals surface area contributed by atoms with Crippen LogP contribution in [-0.4, -0.2) is 19.5 Å². The first-order chi connectivity index (χ1) is 9.01. The van der Waals surface area contributed by atoms with Crippen molar-refractivity contribution >= 4 is 0 Å². The third kappa shape index (κ3) is 3.62. The molecule has 0 radical (unpaired) electrons. The quantitative estimate of drug-likeness (QED) is 0.907. The largest absolute Gasteiger partial charge is 0.573 e. The number of ether oxygens (including phenoxy) is 1. The van der Waals surface area contributed by atoms with Gasteiger partial charge in [0.15, 0.2) is 0 Å². The lowest BCUT2D eigenvalue weighted by Gasteiger charge is -2.32. The molecule has 1 aromatic carbocycles. The highest BCUT2D eigenvalue weighted by atomic mass is 19.4. The van der Waals surface area contributed by atoms with Crippen LogP contribution in [0.1, 0.15) is 31.2 Å². The molecular weight excluding hydrogens is 255 g/mol. The molecule has 5 heteroatoms. The van der Waals surface area contributed by atoms with Crippen LogP contribution >= 0.6 is 0 Å². The molecule has 1 aliphatic heterocycles. The average molecular weight is 273 g/mol. The minimum atomic E-state index is -4.63. The summed E-state index contributed by atoms with van der Waals surface area (Å²) in [5, 5.41) is 3.29. The standard InChI is InChI=1S/C14H18F3NO/c1-2-10-9-18-8-7-11(10)12-5-3-4-6-13(12)19-14(15,16)17/h3-6,10-11,18H,2,7-9H2,1H3. The van der Waals surface area contributed by atoms with Gasteiger partial charge in [-0.25, -0.2) is 0 Å². The summed E-state index contributed by atoms with van der Waals surface area (Å²) in [6, 6.07) is 6.50. The summed E-state index contributed by atoms with van der Waals surface area (Å²) < 4.78 is 41.5. The zero-order chi connectivity index (χ0) is 13.9. The number of rotatable bonds is 3. The Bertz CT molecular complexity index is 419. The van der Waals surface area contributed by atoms with Crippen LogP contribution in [0.3, 0.4) is 0 Å². The van der Waals surface area contributed by atoms with E-state index in [0.29, 0.717) is 11.5 Å². The van der Waals surface area contributed by atoms with Crippen molar-refractivity contribution in [2.24, 2.45) is 5.92 Å². The van der Waals surface area contributed by atoms with E-state index in [1.54, 1.807) is 18.2 Å². The maximum Gasteiger partial charge on any atom is 0.573 e. The summed E-state index contributed by atoms with van der Waals surface area (Å²) in [5.74, 6) is 0.428. The number of halogens is 3. The summed E-state index contributed by atoms with van der Waals surface area (Å²) in [5.41, 5.74) is 0.674. The number of alkyl halides is 3. The van der Waals surface area contributed by atoms with Crippen molar-refractivity contribution in [3.63, 3.8) is 0 Å². The number of hydrogen-bond donors (Lipinski definition) is 1. The molecule has 0 amide bonds. The second-order valence-corrected chi connectivity index (χ2v) is 4.85. The molecular formula is C14H18F3NO. The second kappa shape index (κ2) is 5.82. The highest BCUT2D eigenvalue weighted by Crippen LogP contribution is 2.38. The lowest BCUT2D eigenvalue weighted by atomic mass is 9.79. The molecule has 0 aliphatic carbocycles. The molecule has 1 saturated heterocycles. The molecule has 1 fully saturated rings. The van der Waals surface area contributed by atoms with E-state index in [1.807, 2.05) is 0 Å². The van der Waals surface area contributed by atoms with Gasteiger partial charge in [0.05, 0.1) is 0 Å². The molecule has 1 aliphatic rings. The number of para-hydroxylation sites is 1. The van der Waals surface area contributed by atoms with Crippen molar-refractivity contribution in [3.8, 4) is 5.75 Å². The minimum Gasteiger partial charge on any atom is -0.405 e. The first kappa shape index (κ1) is 14.2. The van der Waals surface area contributed by atoms with Crippen molar-refractivity contribution in [2.75, 3.05) is 13.1 Å².